The highest BCUT2D eigenvalue weighted by Crippen LogP contribution is 2.31. The number of ether oxygens (including phenoxy) is 1. The van der Waals surface area contributed by atoms with E-state index in [2.05, 4.69) is 15.9 Å². The van der Waals surface area contributed by atoms with Gasteiger partial charge in [0.1, 0.15) is 6.61 Å². The van der Waals surface area contributed by atoms with Gasteiger partial charge in [0.05, 0.1) is 10.6 Å². The third-order valence-electron chi connectivity index (χ3n) is 4.11. The first-order valence-corrected chi connectivity index (χ1v) is 12.1. The van der Waals surface area contributed by atoms with Crippen LogP contribution in [-0.2, 0) is 26.2 Å². The molecule has 0 saturated heterocycles. The van der Waals surface area contributed by atoms with E-state index in [-0.39, 0.29) is 22.9 Å². The fourth-order valence-electron chi connectivity index (χ4n) is 2.69. The lowest BCUT2D eigenvalue weighted by Gasteiger charge is -2.27. The van der Waals surface area contributed by atoms with Crippen LogP contribution in [-0.4, -0.2) is 25.8 Å². The Morgan fingerprint density at radius 3 is 2.34 bits per heavy atom. The molecule has 158 valence electrons. The van der Waals surface area contributed by atoms with E-state index in [1.165, 1.54) is 35.5 Å². The third-order valence-corrected chi connectivity index (χ3v) is 6.88. The minimum absolute atomic E-state index is 0.0523. The smallest absolute Gasteiger partial charge is 0.302 e. The zero-order chi connectivity index (χ0) is 21.6. The van der Waals surface area contributed by atoms with Gasteiger partial charge in [0.15, 0.2) is 0 Å². The lowest BCUT2D eigenvalue weighted by Crippen LogP contribution is -2.33. The number of carbonyl (C=O) groups is 1. The van der Waals surface area contributed by atoms with Crippen molar-refractivity contribution < 1.29 is 17.9 Å². The minimum Gasteiger partial charge on any atom is -0.461 e. The molecule has 0 aliphatic rings. The van der Waals surface area contributed by atoms with Gasteiger partial charge >= 0.3 is 5.97 Å². The molecule has 0 aliphatic heterocycles. The van der Waals surface area contributed by atoms with Crippen LogP contribution in [0.4, 0.5) is 5.69 Å². The molecule has 5 nitrogen and oxygen atoms in total. The zero-order valence-corrected chi connectivity index (χ0v) is 20.0. The third kappa shape index (κ3) is 6.88. The molecule has 2 aromatic rings. The largest absolute Gasteiger partial charge is 0.461 e. The summed E-state index contributed by atoms with van der Waals surface area (Å²) in [5, 5.41) is 0.832. The Bertz CT molecular complexity index is 949. The summed E-state index contributed by atoms with van der Waals surface area (Å²) in [5.41, 5.74) is 0.935. The van der Waals surface area contributed by atoms with E-state index in [1.807, 2.05) is 6.92 Å². The van der Waals surface area contributed by atoms with Gasteiger partial charge in [0.25, 0.3) is 10.0 Å². The van der Waals surface area contributed by atoms with Gasteiger partial charge in [-0.25, -0.2) is 8.42 Å². The molecule has 1 atom stereocenters. The highest BCUT2D eigenvalue weighted by molar-refractivity contribution is 9.09. The van der Waals surface area contributed by atoms with E-state index in [1.54, 1.807) is 18.2 Å². The van der Waals surface area contributed by atoms with Gasteiger partial charge in [0, 0.05) is 33.9 Å². The molecule has 2 aromatic carbocycles. The van der Waals surface area contributed by atoms with Crippen LogP contribution in [0.25, 0.3) is 0 Å². The van der Waals surface area contributed by atoms with Crippen molar-refractivity contribution in [3.8, 4) is 0 Å². The lowest BCUT2D eigenvalue weighted by molar-refractivity contribution is -0.142. The van der Waals surface area contributed by atoms with Crippen molar-refractivity contribution in [1.29, 1.82) is 0 Å². The predicted octanol–water partition coefficient (Wildman–Crippen LogP) is 5.82. The van der Waals surface area contributed by atoms with Crippen molar-refractivity contribution in [2.45, 2.75) is 43.0 Å². The molecule has 0 N–H and O–H groups in total. The van der Waals surface area contributed by atoms with Crippen LogP contribution in [0.2, 0.25) is 10.0 Å². The fourth-order valence-corrected chi connectivity index (χ4v) is 4.84. The molecule has 2 rings (SSSR count). The molecule has 0 heterocycles. The highest BCUT2D eigenvalue weighted by atomic mass is 79.9. The van der Waals surface area contributed by atoms with Crippen LogP contribution < -0.4 is 4.31 Å². The number of hydrogen-bond acceptors (Lipinski definition) is 4. The predicted molar refractivity (Wildman–Crippen MR) is 121 cm³/mol. The number of carbonyl (C=O) groups excluding carboxylic acids is 1. The summed E-state index contributed by atoms with van der Waals surface area (Å²) >= 11 is 15.6. The molecule has 0 aliphatic carbocycles. The van der Waals surface area contributed by atoms with E-state index in [4.69, 9.17) is 27.9 Å². The molecule has 0 unspecified atom stereocenters. The summed E-state index contributed by atoms with van der Waals surface area (Å²) in [7, 11) is -3.89. The second-order valence-electron chi connectivity index (χ2n) is 6.51. The van der Waals surface area contributed by atoms with Gasteiger partial charge in [0.2, 0.25) is 0 Å². The molecule has 0 aromatic heterocycles. The minimum atomic E-state index is -3.89. The number of halogens is 3. The molecule has 29 heavy (non-hydrogen) atoms. The van der Waals surface area contributed by atoms with E-state index in [0.29, 0.717) is 27.7 Å². The van der Waals surface area contributed by atoms with Crippen LogP contribution in [0.3, 0.4) is 0 Å². The number of alkyl halides is 1. The summed E-state index contributed by atoms with van der Waals surface area (Å²) in [6.07, 6.45) is 1.41. The van der Waals surface area contributed by atoms with Crippen molar-refractivity contribution in [2.24, 2.45) is 0 Å². The van der Waals surface area contributed by atoms with Gasteiger partial charge in [-0.15, -0.1) is 0 Å². The Labute approximate surface area is 190 Å². The molecular weight excluding hydrogens is 501 g/mol. The van der Waals surface area contributed by atoms with Crippen molar-refractivity contribution in [3.05, 3.63) is 58.1 Å². The number of rotatable bonds is 9. The standard InChI is InChI=1S/C20H22BrCl2NO4S/c1-14(21)4-3-11-24(29(26,27)19-9-7-17(22)8-10-19)20-12-18(23)6-5-16(20)13-28-15(2)25/h5-10,12,14H,3-4,11,13H2,1-2H3/t14-/m1/s1. The molecule has 0 fully saturated rings. The Hall–Kier alpha value is -1.28. The Morgan fingerprint density at radius 1 is 1.14 bits per heavy atom. The van der Waals surface area contributed by atoms with Gasteiger partial charge in [-0.3, -0.25) is 9.10 Å². The number of nitrogens with zero attached hydrogens (tertiary/aromatic N) is 1. The fraction of sp³-hybridized carbons (Fsp3) is 0.350. The molecule has 0 saturated carbocycles. The van der Waals surface area contributed by atoms with Crippen LogP contribution in [0, 0.1) is 0 Å². The van der Waals surface area contributed by atoms with Gasteiger partial charge in [-0.2, -0.15) is 0 Å². The maximum absolute atomic E-state index is 13.4. The summed E-state index contributed by atoms with van der Waals surface area (Å²) in [4.78, 5) is 11.6. The average Bonchev–Trinajstić information content (AvgIpc) is 2.64. The zero-order valence-electron chi connectivity index (χ0n) is 16.1. The van der Waals surface area contributed by atoms with Crippen LogP contribution >= 0.6 is 39.1 Å². The normalized spacial score (nSPS) is 12.4. The SMILES string of the molecule is CC(=O)OCc1ccc(Cl)cc1N(CCC[C@@H](C)Br)S(=O)(=O)c1ccc(Cl)cc1. The monoisotopic (exact) mass is 521 g/mol. The molecular formula is C20H22BrCl2NO4S. The number of sulfonamides is 1. The Balaban J connectivity index is 2.51. The van der Waals surface area contributed by atoms with Crippen LogP contribution in [0.15, 0.2) is 47.4 Å². The second kappa shape index (κ2) is 10.7. The summed E-state index contributed by atoms with van der Waals surface area (Å²) in [6.45, 7) is 3.50. The quantitative estimate of drug-likeness (QED) is 0.307. The van der Waals surface area contributed by atoms with Gasteiger partial charge in [-0.05, 0) is 49.2 Å². The van der Waals surface area contributed by atoms with Gasteiger partial charge in [-0.1, -0.05) is 52.1 Å². The maximum Gasteiger partial charge on any atom is 0.302 e. The van der Waals surface area contributed by atoms with E-state index in [0.717, 1.165) is 6.42 Å². The summed E-state index contributed by atoms with van der Waals surface area (Å²) in [5.74, 6) is -0.453. The average molecular weight is 523 g/mol. The van der Waals surface area contributed by atoms with E-state index in [9.17, 15) is 13.2 Å². The summed E-state index contributed by atoms with van der Waals surface area (Å²) < 4.78 is 33.3. The van der Waals surface area contributed by atoms with Crippen LogP contribution in [0.1, 0.15) is 32.3 Å². The first kappa shape index (κ1) is 24.0. The van der Waals surface area contributed by atoms with Crippen molar-refractivity contribution in [3.63, 3.8) is 0 Å². The topological polar surface area (TPSA) is 63.7 Å². The Kier molecular flexibility index (Phi) is 8.82. The number of esters is 1. The first-order chi connectivity index (χ1) is 13.6. The Morgan fingerprint density at radius 2 is 1.76 bits per heavy atom. The van der Waals surface area contributed by atoms with Gasteiger partial charge < -0.3 is 4.74 Å². The van der Waals surface area contributed by atoms with Crippen molar-refractivity contribution >= 4 is 60.8 Å². The van der Waals surface area contributed by atoms with E-state index < -0.39 is 16.0 Å². The highest BCUT2D eigenvalue weighted by Gasteiger charge is 2.27. The molecule has 0 amide bonds. The number of benzene rings is 2. The first-order valence-electron chi connectivity index (χ1n) is 8.95. The molecule has 9 heteroatoms. The molecule has 0 bridgehead atoms. The molecule has 0 spiro atoms. The van der Waals surface area contributed by atoms with Crippen molar-refractivity contribution in [2.75, 3.05) is 10.8 Å². The van der Waals surface area contributed by atoms with Crippen LogP contribution in [0.5, 0.6) is 0 Å². The number of hydrogen-bond donors (Lipinski definition) is 0. The summed E-state index contributed by atoms with van der Waals surface area (Å²) in [6, 6.07) is 10.9. The number of anilines is 1. The lowest BCUT2D eigenvalue weighted by atomic mass is 10.1. The second-order valence-corrected chi connectivity index (χ2v) is 10.8. The molecule has 0 radical (unpaired) electrons. The maximum atomic E-state index is 13.4. The van der Waals surface area contributed by atoms with E-state index >= 15 is 0 Å². The van der Waals surface area contributed by atoms with Crippen molar-refractivity contribution in [1.82, 2.24) is 0 Å².